The maximum Gasteiger partial charge on any atom is 0.322 e. The number of carbonyl (C=O) groups excluding carboxylic acids is 1. The summed E-state index contributed by atoms with van der Waals surface area (Å²) >= 11 is 0. The van der Waals surface area contributed by atoms with Gasteiger partial charge in [0.25, 0.3) is 0 Å². The molecule has 9 heteroatoms. The largest absolute Gasteiger partial charge is 0.332 e. The molecule has 2 amide bonds. The van der Waals surface area contributed by atoms with Crippen LogP contribution in [0, 0.1) is 18.8 Å². The van der Waals surface area contributed by atoms with E-state index in [-0.39, 0.29) is 17.1 Å². The maximum absolute atomic E-state index is 12.5. The van der Waals surface area contributed by atoms with Gasteiger partial charge in [-0.3, -0.25) is 10.4 Å². The van der Waals surface area contributed by atoms with Gasteiger partial charge in [0.05, 0.1) is 5.54 Å². The van der Waals surface area contributed by atoms with Crippen molar-refractivity contribution >= 4 is 12.0 Å². The first-order valence-electron chi connectivity index (χ1n) is 8.88. The van der Waals surface area contributed by atoms with Gasteiger partial charge in [-0.25, -0.2) is 14.5 Å². The Morgan fingerprint density at radius 2 is 2.12 bits per heavy atom. The molecule has 132 valence electrons. The lowest BCUT2D eigenvalue weighted by Crippen LogP contribution is -2.66. The molecule has 9 nitrogen and oxygen atoms in total. The van der Waals surface area contributed by atoms with Crippen LogP contribution >= 0.6 is 0 Å². The van der Waals surface area contributed by atoms with E-state index in [0.717, 1.165) is 32.1 Å². The van der Waals surface area contributed by atoms with Gasteiger partial charge in [0.1, 0.15) is 18.5 Å². The summed E-state index contributed by atoms with van der Waals surface area (Å²) in [6.45, 7) is 1.80. The molecule has 4 aliphatic carbocycles. The van der Waals surface area contributed by atoms with Gasteiger partial charge >= 0.3 is 6.03 Å². The van der Waals surface area contributed by atoms with Crippen LogP contribution in [-0.2, 0) is 5.54 Å². The molecular formula is C16H22N8O. The number of hydrogen-bond donors (Lipinski definition) is 3. The van der Waals surface area contributed by atoms with Crippen LogP contribution in [0.15, 0.2) is 12.7 Å². The van der Waals surface area contributed by atoms with Crippen LogP contribution in [0.25, 0.3) is 0 Å². The topological polar surface area (TPSA) is 113 Å². The van der Waals surface area contributed by atoms with Crippen LogP contribution in [0.3, 0.4) is 0 Å². The van der Waals surface area contributed by atoms with E-state index >= 15 is 0 Å². The summed E-state index contributed by atoms with van der Waals surface area (Å²) < 4.78 is 2.04. The van der Waals surface area contributed by atoms with Crippen molar-refractivity contribution in [2.24, 2.45) is 11.8 Å². The Morgan fingerprint density at radius 1 is 1.32 bits per heavy atom. The number of nitrogens with one attached hydrogen (secondary N) is 3. The summed E-state index contributed by atoms with van der Waals surface area (Å²) in [4.78, 5) is 20.8. The minimum atomic E-state index is -0.227. The number of nitrogens with zero attached hydrogens (tertiary/aromatic N) is 5. The van der Waals surface area contributed by atoms with Gasteiger partial charge in [-0.15, -0.1) is 5.10 Å². The smallest absolute Gasteiger partial charge is 0.322 e. The molecule has 25 heavy (non-hydrogen) atoms. The molecule has 0 aromatic carbocycles. The average Bonchev–Trinajstić information content (AvgIpc) is 3.17. The van der Waals surface area contributed by atoms with E-state index in [9.17, 15) is 4.79 Å². The van der Waals surface area contributed by atoms with Crippen molar-refractivity contribution in [1.82, 2.24) is 35.3 Å². The monoisotopic (exact) mass is 342 g/mol. The van der Waals surface area contributed by atoms with Crippen LogP contribution in [0.2, 0.25) is 0 Å². The van der Waals surface area contributed by atoms with E-state index in [1.807, 2.05) is 11.0 Å². The highest BCUT2D eigenvalue weighted by atomic mass is 16.2. The zero-order chi connectivity index (χ0) is 17.1. The van der Waals surface area contributed by atoms with Crippen LogP contribution in [0.1, 0.15) is 44.3 Å². The molecule has 6 rings (SSSR count). The molecule has 2 aromatic heterocycles. The van der Waals surface area contributed by atoms with E-state index in [1.54, 1.807) is 13.3 Å². The van der Waals surface area contributed by atoms with Gasteiger partial charge in [-0.05, 0) is 57.3 Å². The highest BCUT2D eigenvalue weighted by Crippen LogP contribution is 2.60. The number of H-pyrrole nitrogens is 1. The third-order valence-electron chi connectivity index (χ3n) is 6.14. The highest BCUT2D eigenvalue weighted by molar-refractivity contribution is 5.87. The summed E-state index contributed by atoms with van der Waals surface area (Å²) in [6, 6.07) is -0.227. The molecule has 0 aliphatic heterocycles. The number of amides is 2. The lowest BCUT2D eigenvalue weighted by molar-refractivity contribution is -0.0728. The Labute approximate surface area is 145 Å². The van der Waals surface area contributed by atoms with Gasteiger partial charge in [0.2, 0.25) is 5.95 Å². The van der Waals surface area contributed by atoms with Crippen molar-refractivity contribution in [1.29, 1.82) is 0 Å². The van der Waals surface area contributed by atoms with E-state index < -0.39 is 0 Å². The number of anilines is 1. The van der Waals surface area contributed by atoms with Gasteiger partial charge in [0, 0.05) is 5.54 Å². The van der Waals surface area contributed by atoms with Crippen molar-refractivity contribution in [3.8, 4) is 0 Å². The lowest BCUT2D eigenvalue weighted by Gasteiger charge is -2.61. The summed E-state index contributed by atoms with van der Waals surface area (Å²) in [7, 11) is 0. The maximum atomic E-state index is 12.5. The third kappa shape index (κ3) is 2.40. The van der Waals surface area contributed by atoms with Crippen molar-refractivity contribution in [2.45, 2.75) is 56.5 Å². The minimum absolute atomic E-state index is 0.00492. The van der Waals surface area contributed by atoms with Crippen molar-refractivity contribution in [2.75, 3.05) is 5.32 Å². The van der Waals surface area contributed by atoms with Gasteiger partial charge in [-0.1, -0.05) is 0 Å². The Kier molecular flexibility index (Phi) is 2.99. The molecule has 0 radical (unpaired) electrons. The molecule has 0 saturated heterocycles. The number of aromatic nitrogens is 6. The predicted molar refractivity (Wildman–Crippen MR) is 88.7 cm³/mol. The molecule has 4 aliphatic rings. The second-order valence-corrected chi connectivity index (χ2v) is 8.13. The predicted octanol–water partition coefficient (Wildman–Crippen LogP) is 1.57. The molecule has 0 unspecified atom stereocenters. The zero-order valence-corrected chi connectivity index (χ0v) is 14.2. The molecule has 4 fully saturated rings. The Balaban J connectivity index is 1.38. The van der Waals surface area contributed by atoms with E-state index in [0.29, 0.717) is 23.6 Å². The number of rotatable bonds is 3. The van der Waals surface area contributed by atoms with Crippen LogP contribution in [0.5, 0.6) is 0 Å². The first kappa shape index (κ1) is 14.9. The molecule has 0 spiro atoms. The van der Waals surface area contributed by atoms with Gasteiger partial charge in [0.15, 0.2) is 0 Å². The van der Waals surface area contributed by atoms with Crippen molar-refractivity contribution < 1.29 is 4.79 Å². The first-order valence-corrected chi connectivity index (χ1v) is 8.88. The number of urea groups is 1. The molecule has 2 aromatic rings. The number of aryl methyl sites for hydroxylation is 1. The summed E-state index contributed by atoms with van der Waals surface area (Å²) in [6.07, 6.45) is 9.98. The van der Waals surface area contributed by atoms with E-state index in [1.165, 1.54) is 6.42 Å². The quantitative estimate of drug-likeness (QED) is 0.783. The second kappa shape index (κ2) is 5.03. The fourth-order valence-corrected chi connectivity index (χ4v) is 5.85. The lowest BCUT2D eigenvalue weighted by atomic mass is 9.50. The van der Waals surface area contributed by atoms with Gasteiger partial charge in [-0.2, -0.15) is 10.1 Å². The number of aromatic amines is 1. The Bertz CT molecular complexity index is 783. The SMILES string of the molecule is Cc1nc(NC(=O)NC23C[C@@H]4C[C@@H](C2)CC(n2cncn2)(C4)C3)n[nH]1. The summed E-state index contributed by atoms with van der Waals surface area (Å²) in [5.74, 6) is 2.26. The van der Waals surface area contributed by atoms with Crippen LogP contribution in [-0.4, -0.2) is 41.5 Å². The molecule has 2 heterocycles. The molecular weight excluding hydrogens is 320 g/mol. The first-order chi connectivity index (χ1) is 12.0. The summed E-state index contributed by atoms with van der Waals surface area (Å²) in [5, 5.41) is 17.2. The van der Waals surface area contributed by atoms with Crippen LogP contribution in [0.4, 0.5) is 10.7 Å². The highest BCUT2D eigenvalue weighted by Gasteiger charge is 2.59. The third-order valence-corrected chi connectivity index (χ3v) is 6.14. The van der Waals surface area contributed by atoms with E-state index in [2.05, 4.69) is 35.9 Å². The molecule has 4 bridgehead atoms. The molecule has 4 saturated carbocycles. The number of carbonyl (C=O) groups is 1. The number of hydrogen-bond acceptors (Lipinski definition) is 5. The van der Waals surface area contributed by atoms with E-state index in [4.69, 9.17) is 0 Å². The zero-order valence-electron chi connectivity index (χ0n) is 14.2. The second-order valence-electron chi connectivity index (χ2n) is 8.13. The minimum Gasteiger partial charge on any atom is -0.332 e. The normalized spacial score (nSPS) is 35.7. The van der Waals surface area contributed by atoms with Gasteiger partial charge < -0.3 is 5.32 Å². The Hall–Kier alpha value is -2.45. The Morgan fingerprint density at radius 3 is 2.76 bits per heavy atom. The average molecular weight is 342 g/mol. The van der Waals surface area contributed by atoms with Crippen molar-refractivity contribution in [3.05, 3.63) is 18.5 Å². The molecule has 2 atom stereocenters. The van der Waals surface area contributed by atoms with Crippen LogP contribution < -0.4 is 10.6 Å². The van der Waals surface area contributed by atoms with Crippen molar-refractivity contribution in [3.63, 3.8) is 0 Å². The fraction of sp³-hybridized carbons (Fsp3) is 0.688. The molecule has 3 N–H and O–H groups in total. The standard InChI is InChI=1S/C16H22N8O/c1-10-19-13(23-22-10)20-14(25)21-15-3-11-2-12(4-15)6-16(5-11,7-15)24-9-17-8-18-24/h8-9,11-12H,2-7H2,1H3,(H3,19,20,21,22,23,25)/t11-,12-,15?,16?/m0/s1. The summed E-state index contributed by atoms with van der Waals surface area (Å²) in [5.41, 5.74) is -0.180. The fourth-order valence-electron chi connectivity index (χ4n) is 5.85.